The van der Waals surface area contributed by atoms with Crippen molar-refractivity contribution in [3.63, 3.8) is 0 Å². The SMILES string of the molecule is COC(=O)C(C)(C)C1CCCN(c2ccc3nnc(-c4ccccc4)n3n2)C1. The molecule has 1 aliphatic heterocycles. The fourth-order valence-corrected chi connectivity index (χ4v) is 3.92. The van der Waals surface area contributed by atoms with Crippen LogP contribution in [0.15, 0.2) is 42.5 Å². The fourth-order valence-electron chi connectivity index (χ4n) is 3.92. The molecule has 0 bridgehead atoms. The first-order valence-electron chi connectivity index (χ1n) is 9.62. The molecular formula is C21H25N5O2. The molecule has 0 N–H and O–H groups in total. The van der Waals surface area contributed by atoms with Crippen LogP contribution in [0.25, 0.3) is 17.0 Å². The first-order chi connectivity index (χ1) is 13.5. The minimum absolute atomic E-state index is 0.159. The topological polar surface area (TPSA) is 72.6 Å². The molecule has 0 radical (unpaired) electrons. The van der Waals surface area contributed by atoms with Crippen LogP contribution in [0.2, 0.25) is 0 Å². The summed E-state index contributed by atoms with van der Waals surface area (Å²) in [5.41, 5.74) is 1.16. The molecule has 0 amide bonds. The van der Waals surface area contributed by atoms with Crippen molar-refractivity contribution >= 4 is 17.4 Å². The Labute approximate surface area is 164 Å². The highest BCUT2D eigenvalue weighted by atomic mass is 16.5. The number of anilines is 1. The first kappa shape index (κ1) is 18.4. The largest absolute Gasteiger partial charge is 0.469 e. The molecule has 146 valence electrons. The lowest BCUT2D eigenvalue weighted by atomic mass is 9.74. The van der Waals surface area contributed by atoms with Crippen molar-refractivity contribution in [1.82, 2.24) is 19.8 Å². The molecule has 3 heterocycles. The summed E-state index contributed by atoms with van der Waals surface area (Å²) in [6.45, 7) is 5.62. The van der Waals surface area contributed by atoms with Crippen LogP contribution >= 0.6 is 0 Å². The van der Waals surface area contributed by atoms with Gasteiger partial charge in [-0.2, -0.15) is 4.52 Å². The minimum atomic E-state index is -0.525. The number of benzene rings is 1. The molecule has 1 fully saturated rings. The molecule has 3 aromatic rings. The summed E-state index contributed by atoms with van der Waals surface area (Å²) in [7, 11) is 1.46. The molecule has 4 rings (SSSR count). The summed E-state index contributed by atoms with van der Waals surface area (Å²) < 4.78 is 6.82. The van der Waals surface area contributed by atoms with Gasteiger partial charge in [-0.3, -0.25) is 4.79 Å². The van der Waals surface area contributed by atoms with Crippen LogP contribution in [-0.2, 0) is 9.53 Å². The Morgan fingerprint density at radius 3 is 2.68 bits per heavy atom. The molecule has 1 atom stereocenters. The minimum Gasteiger partial charge on any atom is -0.469 e. The summed E-state index contributed by atoms with van der Waals surface area (Å²) in [6.07, 6.45) is 2.02. The van der Waals surface area contributed by atoms with Gasteiger partial charge in [0.25, 0.3) is 0 Å². The second-order valence-corrected chi connectivity index (χ2v) is 7.85. The van der Waals surface area contributed by atoms with Gasteiger partial charge in [0.05, 0.1) is 12.5 Å². The lowest BCUT2D eigenvalue weighted by Crippen LogP contribution is -2.45. The lowest BCUT2D eigenvalue weighted by Gasteiger charge is -2.40. The Morgan fingerprint density at radius 1 is 1.14 bits per heavy atom. The Bertz CT molecular complexity index is 983. The Hall–Kier alpha value is -2.96. The van der Waals surface area contributed by atoms with E-state index in [9.17, 15) is 4.79 Å². The number of methoxy groups -OCH3 is 1. The monoisotopic (exact) mass is 379 g/mol. The maximum atomic E-state index is 12.2. The second kappa shape index (κ2) is 7.22. The van der Waals surface area contributed by atoms with Crippen LogP contribution in [-0.4, -0.2) is 46.0 Å². The molecule has 0 spiro atoms. The summed E-state index contributed by atoms with van der Waals surface area (Å²) in [4.78, 5) is 14.5. The fraction of sp³-hybridized carbons (Fsp3) is 0.429. The lowest BCUT2D eigenvalue weighted by molar-refractivity contribution is -0.154. The third-order valence-electron chi connectivity index (χ3n) is 5.76. The van der Waals surface area contributed by atoms with E-state index in [0.717, 1.165) is 43.1 Å². The molecule has 28 heavy (non-hydrogen) atoms. The van der Waals surface area contributed by atoms with Gasteiger partial charge in [0.2, 0.25) is 0 Å². The normalized spacial score (nSPS) is 17.7. The number of carbonyl (C=O) groups is 1. The van der Waals surface area contributed by atoms with Gasteiger partial charge in [-0.25, -0.2) is 0 Å². The number of rotatable bonds is 4. The number of fused-ring (bicyclic) bond motifs is 1. The average Bonchev–Trinajstić information content (AvgIpc) is 3.17. The third-order valence-corrected chi connectivity index (χ3v) is 5.76. The van der Waals surface area contributed by atoms with Crippen molar-refractivity contribution in [3.05, 3.63) is 42.5 Å². The van der Waals surface area contributed by atoms with Crippen LogP contribution in [0, 0.1) is 11.3 Å². The predicted octanol–water partition coefficient (Wildman–Crippen LogP) is 3.21. The highest BCUT2D eigenvalue weighted by molar-refractivity contribution is 5.76. The summed E-state index contributed by atoms with van der Waals surface area (Å²) in [6, 6.07) is 13.8. The standard InChI is InChI=1S/C21H25N5O2/c1-21(2,20(27)28-3)16-10-7-13-25(14-16)18-12-11-17-22-23-19(26(17)24-18)15-8-5-4-6-9-15/h4-6,8-9,11-12,16H,7,10,13-14H2,1-3H3. The average molecular weight is 379 g/mol. The Kier molecular flexibility index (Phi) is 4.75. The zero-order chi connectivity index (χ0) is 19.7. The van der Waals surface area contributed by atoms with E-state index in [4.69, 9.17) is 9.84 Å². The van der Waals surface area contributed by atoms with E-state index in [1.807, 2.05) is 56.3 Å². The first-order valence-corrected chi connectivity index (χ1v) is 9.62. The quantitative estimate of drug-likeness (QED) is 0.648. The van der Waals surface area contributed by atoms with Gasteiger partial charge in [-0.15, -0.1) is 15.3 Å². The smallest absolute Gasteiger partial charge is 0.311 e. The van der Waals surface area contributed by atoms with Crippen LogP contribution in [0.3, 0.4) is 0 Å². The van der Waals surface area contributed by atoms with Gasteiger partial charge in [-0.1, -0.05) is 30.3 Å². The van der Waals surface area contributed by atoms with Gasteiger partial charge >= 0.3 is 5.97 Å². The Morgan fingerprint density at radius 2 is 1.93 bits per heavy atom. The van der Waals surface area contributed by atoms with Gasteiger partial charge in [0.15, 0.2) is 11.5 Å². The van der Waals surface area contributed by atoms with Crippen molar-refractivity contribution in [2.75, 3.05) is 25.1 Å². The van der Waals surface area contributed by atoms with Crippen LogP contribution < -0.4 is 4.90 Å². The molecule has 2 aromatic heterocycles. The maximum Gasteiger partial charge on any atom is 0.311 e. The van der Waals surface area contributed by atoms with E-state index < -0.39 is 5.41 Å². The zero-order valence-corrected chi connectivity index (χ0v) is 16.5. The predicted molar refractivity (Wildman–Crippen MR) is 107 cm³/mol. The van der Waals surface area contributed by atoms with Crippen molar-refractivity contribution in [2.24, 2.45) is 11.3 Å². The number of esters is 1. The van der Waals surface area contributed by atoms with E-state index >= 15 is 0 Å². The highest BCUT2D eigenvalue weighted by Gasteiger charge is 2.40. The number of carbonyl (C=O) groups excluding carboxylic acids is 1. The van der Waals surface area contributed by atoms with E-state index in [0.29, 0.717) is 5.65 Å². The van der Waals surface area contributed by atoms with Crippen LogP contribution in [0.5, 0.6) is 0 Å². The summed E-state index contributed by atoms with van der Waals surface area (Å²) in [5.74, 6) is 1.64. The third kappa shape index (κ3) is 3.21. The molecule has 0 aliphatic carbocycles. The van der Waals surface area contributed by atoms with E-state index in [1.165, 1.54) is 7.11 Å². The van der Waals surface area contributed by atoms with Crippen LogP contribution in [0.4, 0.5) is 5.82 Å². The Balaban J connectivity index is 1.65. The summed E-state index contributed by atoms with van der Waals surface area (Å²) in [5, 5.41) is 13.4. The number of ether oxygens (including phenoxy) is 1. The molecule has 0 saturated carbocycles. The molecular weight excluding hydrogens is 354 g/mol. The van der Waals surface area contributed by atoms with Gasteiger partial charge in [0, 0.05) is 18.7 Å². The van der Waals surface area contributed by atoms with Crippen molar-refractivity contribution in [3.8, 4) is 11.4 Å². The number of piperidine rings is 1. The number of aromatic nitrogens is 4. The van der Waals surface area contributed by atoms with Crippen molar-refractivity contribution < 1.29 is 9.53 Å². The van der Waals surface area contributed by atoms with Crippen molar-refractivity contribution in [2.45, 2.75) is 26.7 Å². The molecule has 1 unspecified atom stereocenters. The van der Waals surface area contributed by atoms with Gasteiger partial charge in [-0.05, 0) is 44.7 Å². The summed E-state index contributed by atoms with van der Waals surface area (Å²) >= 11 is 0. The molecule has 7 nitrogen and oxygen atoms in total. The molecule has 1 aromatic carbocycles. The molecule has 1 saturated heterocycles. The number of hydrogen-bond acceptors (Lipinski definition) is 6. The van der Waals surface area contributed by atoms with Gasteiger partial charge < -0.3 is 9.64 Å². The number of nitrogens with zero attached hydrogens (tertiary/aromatic N) is 5. The zero-order valence-electron chi connectivity index (χ0n) is 16.5. The van der Waals surface area contributed by atoms with Crippen LogP contribution in [0.1, 0.15) is 26.7 Å². The van der Waals surface area contributed by atoms with Crippen molar-refractivity contribution in [1.29, 1.82) is 0 Å². The maximum absolute atomic E-state index is 12.2. The van der Waals surface area contributed by atoms with E-state index in [2.05, 4.69) is 15.1 Å². The molecule has 1 aliphatic rings. The number of hydrogen-bond donors (Lipinski definition) is 0. The van der Waals surface area contributed by atoms with E-state index in [-0.39, 0.29) is 11.9 Å². The highest BCUT2D eigenvalue weighted by Crippen LogP contribution is 2.36. The second-order valence-electron chi connectivity index (χ2n) is 7.85. The van der Waals surface area contributed by atoms with Gasteiger partial charge in [0.1, 0.15) is 5.82 Å². The molecule has 7 heteroatoms. The van der Waals surface area contributed by atoms with E-state index in [1.54, 1.807) is 4.52 Å².